The van der Waals surface area contributed by atoms with Crippen LogP contribution in [0.2, 0.25) is 0 Å². The average Bonchev–Trinajstić information content (AvgIpc) is 3.14. The van der Waals surface area contributed by atoms with Crippen molar-refractivity contribution in [3.05, 3.63) is 75.1 Å². The summed E-state index contributed by atoms with van der Waals surface area (Å²) >= 11 is 1.62. The van der Waals surface area contributed by atoms with Crippen molar-refractivity contribution in [2.45, 2.75) is 33.7 Å². The summed E-state index contributed by atoms with van der Waals surface area (Å²) < 4.78 is 10.5. The number of nitrogens with zero attached hydrogens (tertiary/aromatic N) is 1. The quantitative estimate of drug-likeness (QED) is 0.635. The molecule has 1 aliphatic rings. The van der Waals surface area contributed by atoms with Crippen molar-refractivity contribution >= 4 is 29.0 Å². The van der Waals surface area contributed by atoms with Crippen molar-refractivity contribution < 1.29 is 19.1 Å². The van der Waals surface area contributed by atoms with Gasteiger partial charge in [-0.1, -0.05) is 17.7 Å². The van der Waals surface area contributed by atoms with Gasteiger partial charge in [0.1, 0.15) is 6.04 Å². The van der Waals surface area contributed by atoms with E-state index in [-0.39, 0.29) is 19.3 Å². The van der Waals surface area contributed by atoms with Gasteiger partial charge < -0.3 is 14.4 Å². The zero-order valence-corrected chi connectivity index (χ0v) is 17.9. The Hall–Kier alpha value is -2.86. The molecule has 6 heteroatoms. The molecule has 2 aromatic rings. The van der Waals surface area contributed by atoms with Gasteiger partial charge in [0.05, 0.1) is 24.4 Å². The zero-order chi connectivity index (χ0) is 21.0. The van der Waals surface area contributed by atoms with Gasteiger partial charge in [-0.3, -0.25) is 0 Å². The van der Waals surface area contributed by atoms with Crippen LogP contribution < -0.4 is 4.90 Å². The lowest BCUT2D eigenvalue weighted by atomic mass is 9.96. The predicted octanol–water partition coefficient (Wildman–Crippen LogP) is 4.86. The predicted molar refractivity (Wildman–Crippen MR) is 115 cm³/mol. The number of carbonyl (C=O) groups is 2. The van der Waals surface area contributed by atoms with Crippen LogP contribution in [0.3, 0.4) is 0 Å². The summed E-state index contributed by atoms with van der Waals surface area (Å²) in [5, 5.41) is 0. The van der Waals surface area contributed by atoms with Crippen LogP contribution in [-0.4, -0.2) is 25.2 Å². The van der Waals surface area contributed by atoms with Gasteiger partial charge in [0.25, 0.3) is 0 Å². The third-order valence-corrected chi connectivity index (χ3v) is 5.60. The molecule has 1 aliphatic heterocycles. The first-order chi connectivity index (χ1) is 13.9. The monoisotopic (exact) mass is 411 g/mol. The molecule has 0 fully saturated rings. The Morgan fingerprint density at radius 1 is 0.966 bits per heavy atom. The van der Waals surface area contributed by atoms with Crippen LogP contribution in [0, 0.1) is 13.8 Å². The summed E-state index contributed by atoms with van der Waals surface area (Å²) in [4.78, 5) is 29.4. The van der Waals surface area contributed by atoms with Gasteiger partial charge in [0.2, 0.25) is 0 Å². The van der Waals surface area contributed by atoms with Gasteiger partial charge in [0, 0.05) is 21.6 Å². The van der Waals surface area contributed by atoms with Crippen LogP contribution in [0.25, 0.3) is 0 Å². The van der Waals surface area contributed by atoms with E-state index in [1.165, 1.54) is 0 Å². The first-order valence-electron chi connectivity index (χ1n) is 9.63. The molecule has 0 saturated heterocycles. The molecule has 0 saturated carbocycles. The minimum atomic E-state index is -0.466. The molecule has 1 aromatic heterocycles. The molecular formula is C23H25NO4S. The fraction of sp³-hybridized carbons (Fsp3) is 0.304. The number of hydrogen-bond donors (Lipinski definition) is 0. The van der Waals surface area contributed by atoms with E-state index in [1.54, 1.807) is 37.5 Å². The Morgan fingerprint density at radius 2 is 1.62 bits per heavy atom. The molecule has 1 aromatic carbocycles. The van der Waals surface area contributed by atoms with Crippen LogP contribution in [0.15, 0.2) is 59.8 Å². The number of thiophene rings is 1. The van der Waals surface area contributed by atoms with E-state index < -0.39 is 11.9 Å². The summed E-state index contributed by atoms with van der Waals surface area (Å²) in [5.41, 5.74) is 2.74. The number of rotatable bonds is 6. The number of anilines is 1. The highest BCUT2D eigenvalue weighted by atomic mass is 32.1. The SMILES string of the molecule is CCOC(=O)C1=CN(c2ccc(C)cc2)C(c2ccc(C)s2)C(C(=O)OCC)=C1. The Morgan fingerprint density at radius 3 is 2.21 bits per heavy atom. The number of aryl methyl sites for hydroxylation is 2. The second kappa shape index (κ2) is 9.09. The third-order valence-electron chi connectivity index (χ3n) is 4.55. The molecule has 0 radical (unpaired) electrons. The van der Waals surface area contributed by atoms with Gasteiger partial charge in [-0.05, 0) is 58.0 Å². The Labute approximate surface area is 175 Å². The van der Waals surface area contributed by atoms with Crippen molar-refractivity contribution in [2.75, 3.05) is 18.1 Å². The van der Waals surface area contributed by atoms with E-state index >= 15 is 0 Å². The summed E-state index contributed by atoms with van der Waals surface area (Å²) in [5.74, 6) is -0.900. The molecule has 0 N–H and O–H groups in total. The van der Waals surface area contributed by atoms with Gasteiger partial charge in [-0.25, -0.2) is 9.59 Å². The maximum absolute atomic E-state index is 12.9. The summed E-state index contributed by atoms with van der Waals surface area (Å²) in [6.45, 7) is 8.09. The fourth-order valence-corrected chi connectivity index (χ4v) is 4.20. The highest BCUT2D eigenvalue weighted by molar-refractivity contribution is 7.12. The molecule has 3 rings (SSSR count). The molecule has 2 heterocycles. The Balaban J connectivity index is 2.16. The number of hydrogen-bond acceptors (Lipinski definition) is 6. The molecule has 1 unspecified atom stereocenters. The van der Waals surface area contributed by atoms with E-state index in [9.17, 15) is 9.59 Å². The maximum atomic E-state index is 12.9. The van der Waals surface area contributed by atoms with E-state index in [0.717, 1.165) is 21.0 Å². The lowest BCUT2D eigenvalue weighted by Crippen LogP contribution is -2.32. The first kappa shape index (κ1) is 20.9. The topological polar surface area (TPSA) is 55.8 Å². The minimum absolute atomic E-state index is 0.259. The van der Waals surface area contributed by atoms with Gasteiger partial charge >= 0.3 is 11.9 Å². The smallest absolute Gasteiger partial charge is 0.339 e. The molecule has 152 valence electrons. The van der Waals surface area contributed by atoms with Crippen molar-refractivity contribution in [3.63, 3.8) is 0 Å². The van der Waals surface area contributed by atoms with Crippen LogP contribution in [0.5, 0.6) is 0 Å². The van der Waals surface area contributed by atoms with Crippen molar-refractivity contribution in [2.24, 2.45) is 0 Å². The lowest BCUT2D eigenvalue weighted by molar-refractivity contribution is -0.138. The first-order valence-corrected chi connectivity index (χ1v) is 10.4. The normalized spacial score (nSPS) is 16.1. The third kappa shape index (κ3) is 4.59. The lowest BCUT2D eigenvalue weighted by Gasteiger charge is -2.34. The van der Waals surface area contributed by atoms with E-state index in [4.69, 9.17) is 9.47 Å². The second-order valence-corrected chi connectivity index (χ2v) is 8.04. The summed E-state index contributed by atoms with van der Waals surface area (Å²) in [6, 6.07) is 11.6. The highest BCUT2D eigenvalue weighted by Gasteiger charge is 2.35. The number of benzene rings is 1. The molecule has 0 bridgehead atoms. The summed E-state index contributed by atoms with van der Waals surface area (Å²) in [6.07, 6.45) is 3.35. The summed E-state index contributed by atoms with van der Waals surface area (Å²) in [7, 11) is 0. The van der Waals surface area contributed by atoms with Crippen LogP contribution in [0.4, 0.5) is 5.69 Å². The second-order valence-electron chi connectivity index (χ2n) is 6.72. The Bertz CT molecular complexity index is 956. The van der Waals surface area contributed by atoms with Crippen LogP contribution in [-0.2, 0) is 19.1 Å². The number of esters is 2. The standard InChI is InChI=1S/C23H25NO4S/c1-5-27-22(25)17-13-19(23(26)28-6-2)21(20-12-9-16(4)29-20)24(14-17)18-10-7-15(3)8-11-18/h7-14,21H,5-6H2,1-4H3. The van der Waals surface area contributed by atoms with Gasteiger partial charge in [0.15, 0.2) is 0 Å². The maximum Gasteiger partial charge on any atom is 0.339 e. The zero-order valence-electron chi connectivity index (χ0n) is 17.1. The van der Waals surface area contributed by atoms with Gasteiger partial charge in [-0.15, -0.1) is 11.3 Å². The van der Waals surface area contributed by atoms with Crippen molar-refractivity contribution in [1.29, 1.82) is 0 Å². The van der Waals surface area contributed by atoms with Crippen LogP contribution >= 0.6 is 11.3 Å². The van der Waals surface area contributed by atoms with Crippen molar-refractivity contribution in [1.82, 2.24) is 0 Å². The number of carbonyl (C=O) groups excluding carboxylic acids is 2. The molecule has 29 heavy (non-hydrogen) atoms. The molecule has 5 nitrogen and oxygen atoms in total. The molecule has 0 aliphatic carbocycles. The molecule has 1 atom stereocenters. The van der Waals surface area contributed by atoms with E-state index in [2.05, 4.69) is 0 Å². The fourth-order valence-electron chi connectivity index (χ4n) is 3.20. The average molecular weight is 412 g/mol. The van der Waals surface area contributed by atoms with E-state index in [1.807, 2.05) is 55.1 Å². The molecular weight excluding hydrogens is 386 g/mol. The largest absolute Gasteiger partial charge is 0.463 e. The molecule has 0 amide bonds. The van der Waals surface area contributed by atoms with Gasteiger partial charge in [-0.2, -0.15) is 0 Å². The van der Waals surface area contributed by atoms with Crippen molar-refractivity contribution in [3.8, 4) is 0 Å². The van der Waals surface area contributed by atoms with E-state index in [0.29, 0.717) is 11.1 Å². The number of ether oxygens (including phenoxy) is 2. The molecule has 0 spiro atoms. The highest BCUT2D eigenvalue weighted by Crippen LogP contribution is 2.40. The van der Waals surface area contributed by atoms with Crippen LogP contribution in [0.1, 0.15) is 35.2 Å². The Kier molecular flexibility index (Phi) is 6.54. The minimum Gasteiger partial charge on any atom is -0.463 e.